The topological polar surface area (TPSA) is 66.8 Å². The van der Waals surface area contributed by atoms with Crippen LogP contribution in [-0.2, 0) is 16.4 Å². The molecule has 0 radical (unpaired) electrons. The lowest BCUT2D eigenvalue weighted by Gasteiger charge is -2.39. The van der Waals surface area contributed by atoms with Crippen LogP contribution in [0.4, 0.5) is 0 Å². The summed E-state index contributed by atoms with van der Waals surface area (Å²) in [5.41, 5.74) is 2.31. The first-order valence-electron chi connectivity index (χ1n) is 7.79. The highest BCUT2D eigenvalue weighted by Gasteiger charge is 2.34. The van der Waals surface area contributed by atoms with Crippen molar-refractivity contribution in [1.82, 2.24) is 0 Å². The van der Waals surface area contributed by atoms with Gasteiger partial charge in [0.1, 0.15) is 5.75 Å². The van der Waals surface area contributed by atoms with Crippen LogP contribution >= 0.6 is 7.82 Å². The SMILES string of the molecule is CCc1c(OP(=O)(O)O)cccc1C1(CC)CCCCC1. The summed E-state index contributed by atoms with van der Waals surface area (Å²) in [6.07, 6.45) is 7.79. The van der Waals surface area contributed by atoms with E-state index in [-0.39, 0.29) is 5.41 Å². The molecule has 1 aromatic rings. The van der Waals surface area contributed by atoms with Crippen LogP contribution in [0.1, 0.15) is 63.5 Å². The molecule has 2 N–H and O–H groups in total. The molecule has 118 valence electrons. The Hall–Kier alpha value is -0.830. The van der Waals surface area contributed by atoms with E-state index in [4.69, 9.17) is 14.3 Å². The fourth-order valence-corrected chi connectivity index (χ4v) is 4.11. The fourth-order valence-electron chi connectivity index (χ4n) is 3.68. The summed E-state index contributed by atoms with van der Waals surface area (Å²) < 4.78 is 16.1. The van der Waals surface area contributed by atoms with E-state index in [1.807, 2.05) is 13.0 Å². The van der Waals surface area contributed by atoms with Crippen molar-refractivity contribution < 1.29 is 18.9 Å². The van der Waals surface area contributed by atoms with Crippen molar-refractivity contribution in [3.8, 4) is 5.75 Å². The predicted molar refractivity (Wildman–Crippen MR) is 83.5 cm³/mol. The molecular formula is C16H25O4P. The Bertz CT molecular complexity index is 529. The van der Waals surface area contributed by atoms with Crippen LogP contribution < -0.4 is 4.52 Å². The van der Waals surface area contributed by atoms with Crippen molar-refractivity contribution in [3.05, 3.63) is 29.3 Å². The normalized spacial score (nSPS) is 18.5. The molecule has 5 heteroatoms. The third-order valence-electron chi connectivity index (χ3n) is 4.76. The average molecular weight is 312 g/mol. The van der Waals surface area contributed by atoms with Crippen molar-refractivity contribution in [1.29, 1.82) is 0 Å². The molecule has 0 amide bonds. The lowest BCUT2D eigenvalue weighted by Crippen LogP contribution is -2.29. The van der Waals surface area contributed by atoms with E-state index in [1.54, 1.807) is 6.07 Å². The number of rotatable bonds is 5. The van der Waals surface area contributed by atoms with Gasteiger partial charge in [0.15, 0.2) is 0 Å². The molecule has 0 aliphatic heterocycles. The minimum atomic E-state index is -4.52. The summed E-state index contributed by atoms with van der Waals surface area (Å²) >= 11 is 0. The average Bonchev–Trinajstić information content (AvgIpc) is 2.46. The molecule has 1 saturated carbocycles. The van der Waals surface area contributed by atoms with Crippen molar-refractivity contribution in [3.63, 3.8) is 0 Å². The Morgan fingerprint density at radius 3 is 2.38 bits per heavy atom. The van der Waals surface area contributed by atoms with E-state index in [0.29, 0.717) is 12.2 Å². The molecule has 0 unspecified atom stereocenters. The van der Waals surface area contributed by atoms with Gasteiger partial charge in [-0.1, -0.05) is 45.2 Å². The zero-order chi connectivity index (χ0) is 15.5. The first kappa shape index (κ1) is 16.5. The lowest BCUT2D eigenvalue weighted by molar-refractivity contribution is 0.273. The quantitative estimate of drug-likeness (QED) is 0.794. The molecule has 4 nitrogen and oxygen atoms in total. The molecule has 0 heterocycles. The predicted octanol–water partition coefficient (Wildman–Crippen LogP) is 4.33. The zero-order valence-electron chi connectivity index (χ0n) is 12.8. The van der Waals surface area contributed by atoms with E-state index in [2.05, 4.69) is 13.0 Å². The minimum Gasteiger partial charge on any atom is -0.404 e. The molecule has 1 aliphatic carbocycles. The van der Waals surface area contributed by atoms with Gasteiger partial charge in [-0.25, -0.2) is 4.57 Å². The Morgan fingerprint density at radius 1 is 1.19 bits per heavy atom. The highest BCUT2D eigenvalue weighted by Crippen LogP contribution is 2.47. The number of hydrogen-bond donors (Lipinski definition) is 2. The largest absolute Gasteiger partial charge is 0.524 e. The minimum absolute atomic E-state index is 0.137. The van der Waals surface area contributed by atoms with Crippen molar-refractivity contribution in [2.24, 2.45) is 0 Å². The molecular weight excluding hydrogens is 287 g/mol. The Labute approximate surface area is 126 Å². The van der Waals surface area contributed by atoms with Crippen LogP contribution in [0.25, 0.3) is 0 Å². The molecule has 0 spiro atoms. The van der Waals surface area contributed by atoms with E-state index < -0.39 is 7.82 Å². The number of hydrogen-bond acceptors (Lipinski definition) is 2. The van der Waals surface area contributed by atoms with Crippen LogP contribution in [0.3, 0.4) is 0 Å². The summed E-state index contributed by atoms with van der Waals surface area (Å²) in [6.45, 7) is 4.22. The first-order valence-corrected chi connectivity index (χ1v) is 9.32. The second kappa shape index (κ2) is 6.51. The smallest absolute Gasteiger partial charge is 0.404 e. The second-order valence-corrected chi connectivity index (χ2v) is 7.08. The number of phosphoric acid groups is 1. The first-order chi connectivity index (χ1) is 9.92. The maximum atomic E-state index is 11.2. The van der Waals surface area contributed by atoms with Crippen LogP contribution in [0.15, 0.2) is 18.2 Å². The summed E-state index contributed by atoms with van der Waals surface area (Å²) in [5.74, 6) is 0.335. The van der Waals surface area contributed by atoms with Crippen LogP contribution in [0, 0.1) is 0 Å². The Morgan fingerprint density at radius 2 is 1.86 bits per heavy atom. The van der Waals surface area contributed by atoms with E-state index in [1.165, 1.54) is 24.8 Å². The molecule has 1 fully saturated rings. The molecule has 0 atom stereocenters. The van der Waals surface area contributed by atoms with Crippen molar-refractivity contribution >= 4 is 7.82 Å². The number of phosphoric ester groups is 1. The molecule has 0 saturated heterocycles. The maximum absolute atomic E-state index is 11.2. The van der Waals surface area contributed by atoms with Gasteiger partial charge in [-0.2, -0.15) is 0 Å². The lowest BCUT2D eigenvalue weighted by atomic mass is 9.66. The van der Waals surface area contributed by atoms with E-state index in [9.17, 15) is 4.57 Å². The van der Waals surface area contributed by atoms with Gasteiger partial charge in [0, 0.05) is 0 Å². The van der Waals surface area contributed by atoms with E-state index in [0.717, 1.165) is 24.8 Å². The van der Waals surface area contributed by atoms with Crippen molar-refractivity contribution in [2.75, 3.05) is 0 Å². The van der Waals surface area contributed by atoms with Gasteiger partial charge in [0.25, 0.3) is 0 Å². The standard InChI is InChI=1S/C16H25O4P/c1-3-13-14(16(4-2)11-6-5-7-12-16)9-8-10-15(13)20-21(17,18)19/h8-10H,3-7,11-12H2,1-2H3,(H2,17,18,19). The second-order valence-electron chi connectivity index (χ2n) is 5.91. The molecule has 2 rings (SSSR count). The molecule has 0 aromatic heterocycles. The Kier molecular flexibility index (Phi) is 5.13. The molecule has 0 bridgehead atoms. The van der Waals surface area contributed by atoms with Crippen LogP contribution in [-0.4, -0.2) is 9.79 Å². The maximum Gasteiger partial charge on any atom is 0.524 e. The van der Waals surface area contributed by atoms with E-state index >= 15 is 0 Å². The molecule has 1 aromatic carbocycles. The van der Waals surface area contributed by atoms with Gasteiger partial charge < -0.3 is 4.52 Å². The fraction of sp³-hybridized carbons (Fsp3) is 0.625. The molecule has 21 heavy (non-hydrogen) atoms. The van der Waals surface area contributed by atoms with Gasteiger partial charge in [-0.05, 0) is 48.3 Å². The Balaban J connectivity index is 2.47. The van der Waals surface area contributed by atoms with Gasteiger partial charge in [0.2, 0.25) is 0 Å². The highest BCUT2D eigenvalue weighted by molar-refractivity contribution is 7.46. The number of benzene rings is 1. The van der Waals surface area contributed by atoms with Gasteiger partial charge in [-0.3, -0.25) is 9.79 Å². The van der Waals surface area contributed by atoms with Crippen LogP contribution in [0.5, 0.6) is 5.75 Å². The summed E-state index contributed by atoms with van der Waals surface area (Å²) in [4.78, 5) is 18.2. The van der Waals surface area contributed by atoms with Gasteiger partial charge in [0.05, 0.1) is 0 Å². The third kappa shape index (κ3) is 3.68. The zero-order valence-corrected chi connectivity index (χ0v) is 13.7. The third-order valence-corrected chi connectivity index (χ3v) is 5.20. The van der Waals surface area contributed by atoms with Crippen LogP contribution in [0.2, 0.25) is 0 Å². The van der Waals surface area contributed by atoms with Gasteiger partial charge in [-0.15, -0.1) is 0 Å². The van der Waals surface area contributed by atoms with Gasteiger partial charge >= 0.3 is 7.82 Å². The van der Waals surface area contributed by atoms with Crippen molar-refractivity contribution in [2.45, 2.75) is 64.2 Å². The summed E-state index contributed by atoms with van der Waals surface area (Å²) in [5, 5.41) is 0. The molecule has 1 aliphatic rings. The highest BCUT2D eigenvalue weighted by atomic mass is 31.2. The summed E-state index contributed by atoms with van der Waals surface area (Å²) in [7, 11) is -4.52. The summed E-state index contributed by atoms with van der Waals surface area (Å²) in [6, 6.07) is 5.62. The monoisotopic (exact) mass is 312 g/mol.